The summed E-state index contributed by atoms with van der Waals surface area (Å²) >= 11 is 0. The summed E-state index contributed by atoms with van der Waals surface area (Å²) in [6.45, 7) is 4.05. The van der Waals surface area contributed by atoms with Gasteiger partial charge in [0, 0.05) is 18.7 Å². The number of Topliss-reactive ketones (excluding diaryl/α,β-unsaturated/α-hetero) is 1. The van der Waals surface area contributed by atoms with Crippen LogP contribution in [0.5, 0.6) is 0 Å². The highest BCUT2D eigenvalue weighted by Gasteiger charge is 2.34. The zero-order valence-electron chi connectivity index (χ0n) is 17.2. The number of hydrogen-bond acceptors (Lipinski definition) is 6. The second kappa shape index (κ2) is 10.7. The number of aliphatic hydroxyl groups excluding tert-OH is 1. The molecule has 2 rings (SSSR count). The van der Waals surface area contributed by atoms with E-state index in [1.807, 2.05) is 0 Å². The van der Waals surface area contributed by atoms with Gasteiger partial charge in [-0.05, 0) is 26.0 Å². The van der Waals surface area contributed by atoms with E-state index >= 15 is 0 Å². The number of aliphatic hydroxyl groups is 1. The Hall–Kier alpha value is -3.74. The van der Waals surface area contributed by atoms with E-state index in [0.717, 1.165) is 7.11 Å². The lowest BCUT2D eigenvalue weighted by molar-refractivity contribution is -0.142. The molecule has 0 unspecified atom stereocenters. The number of benzene rings is 2. The van der Waals surface area contributed by atoms with Crippen LogP contribution >= 0.6 is 0 Å². The van der Waals surface area contributed by atoms with Gasteiger partial charge in [-0.2, -0.15) is 0 Å². The summed E-state index contributed by atoms with van der Waals surface area (Å²) in [7, 11) is 1.14. The fraction of sp³-hybridized carbons (Fsp3) is 0.217. The summed E-state index contributed by atoms with van der Waals surface area (Å²) < 4.78 is 4.80. The van der Waals surface area contributed by atoms with E-state index in [9.17, 15) is 19.5 Å². The Morgan fingerprint density at radius 2 is 1.47 bits per heavy atom. The Balaban J connectivity index is 2.75. The smallest absolute Gasteiger partial charge is 0.357 e. The molecule has 0 aliphatic carbocycles. The molecule has 30 heavy (non-hydrogen) atoms. The fourth-order valence-electron chi connectivity index (χ4n) is 2.76. The molecule has 0 spiro atoms. The first-order valence-electron chi connectivity index (χ1n) is 9.49. The van der Waals surface area contributed by atoms with Gasteiger partial charge in [0.25, 0.3) is 11.7 Å². The number of likely N-dealkylation sites (N-methyl/N-ethyl adjacent to an activating group) is 1. The molecule has 0 saturated heterocycles. The minimum atomic E-state index is -1.04. The normalized spacial score (nSPS) is 12.0. The zero-order chi connectivity index (χ0) is 22.1. The maximum atomic E-state index is 13.2. The van der Waals surface area contributed by atoms with Gasteiger partial charge < -0.3 is 14.7 Å². The van der Waals surface area contributed by atoms with Gasteiger partial charge >= 0.3 is 5.97 Å². The lowest BCUT2D eigenvalue weighted by Crippen LogP contribution is -2.39. The van der Waals surface area contributed by atoms with Crippen molar-refractivity contribution in [1.29, 1.82) is 0 Å². The number of methoxy groups -OCH3 is 1. The second-order valence-corrected chi connectivity index (χ2v) is 6.18. The third-order valence-electron chi connectivity index (χ3n) is 4.37. The van der Waals surface area contributed by atoms with Crippen molar-refractivity contribution in [3.63, 3.8) is 0 Å². The monoisotopic (exact) mass is 408 g/mol. The molecule has 0 saturated carbocycles. The largest absolute Gasteiger partial charge is 0.506 e. The quantitative estimate of drug-likeness (QED) is 0.238. The summed E-state index contributed by atoms with van der Waals surface area (Å²) in [5, 5.41) is 10.9. The van der Waals surface area contributed by atoms with Crippen molar-refractivity contribution < 1.29 is 24.2 Å². The van der Waals surface area contributed by atoms with Crippen molar-refractivity contribution in [2.24, 2.45) is 4.99 Å². The number of carbonyl (C=O) groups excluding carboxylic acids is 3. The van der Waals surface area contributed by atoms with E-state index in [2.05, 4.69) is 4.99 Å². The van der Waals surface area contributed by atoms with Crippen LogP contribution in [-0.2, 0) is 19.1 Å². The summed E-state index contributed by atoms with van der Waals surface area (Å²) in [5.74, 6) is -3.36. The number of para-hydroxylation sites is 1. The second-order valence-electron chi connectivity index (χ2n) is 6.18. The lowest BCUT2D eigenvalue weighted by Gasteiger charge is -2.19. The summed E-state index contributed by atoms with van der Waals surface area (Å²) in [6, 6.07) is 16.6. The van der Waals surface area contributed by atoms with Gasteiger partial charge in [-0.25, -0.2) is 9.79 Å². The van der Waals surface area contributed by atoms with E-state index in [4.69, 9.17) is 4.74 Å². The molecule has 0 aliphatic rings. The molecule has 0 atom stereocenters. The van der Waals surface area contributed by atoms with Crippen molar-refractivity contribution in [1.82, 2.24) is 4.90 Å². The number of nitrogens with zero attached hydrogens (tertiary/aromatic N) is 2. The third kappa shape index (κ3) is 5.20. The Morgan fingerprint density at radius 3 is 1.97 bits per heavy atom. The Morgan fingerprint density at radius 1 is 0.933 bits per heavy atom. The topological polar surface area (TPSA) is 96.3 Å². The van der Waals surface area contributed by atoms with Crippen molar-refractivity contribution in [2.45, 2.75) is 13.8 Å². The minimum absolute atomic E-state index is 0.262. The predicted molar refractivity (Wildman–Crippen MR) is 114 cm³/mol. The summed E-state index contributed by atoms with van der Waals surface area (Å²) in [5.41, 5.74) is -0.332. The summed E-state index contributed by atoms with van der Waals surface area (Å²) in [4.78, 5) is 44.0. The first-order valence-corrected chi connectivity index (χ1v) is 9.49. The predicted octanol–water partition coefficient (Wildman–Crippen LogP) is 3.34. The molecule has 156 valence electrons. The minimum Gasteiger partial charge on any atom is -0.506 e. The van der Waals surface area contributed by atoms with Gasteiger partial charge in [-0.3, -0.25) is 9.59 Å². The average molecular weight is 408 g/mol. The van der Waals surface area contributed by atoms with E-state index in [1.54, 1.807) is 74.5 Å². The number of esters is 1. The van der Waals surface area contributed by atoms with Gasteiger partial charge in [-0.15, -0.1) is 0 Å². The Bertz CT molecular complexity index is 962. The van der Waals surface area contributed by atoms with E-state index in [0.29, 0.717) is 18.8 Å². The first-order chi connectivity index (χ1) is 14.4. The van der Waals surface area contributed by atoms with Crippen molar-refractivity contribution in [3.8, 4) is 0 Å². The molecular weight excluding hydrogens is 384 g/mol. The summed E-state index contributed by atoms with van der Waals surface area (Å²) in [6.07, 6.45) is 0. The van der Waals surface area contributed by atoms with Gasteiger partial charge in [0.05, 0.1) is 12.8 Å². The molecule has 7 nitrogen and oxygen atoms in total. The van der Waals surface area contributed by atoms with E-state index in [1.165, 1.54) is 4.90 Å². The SMILES string of the molecule is CCN(CC)C(=O)C(=O)C(C(=Nc1ccccc1)C(=O)OC)=C(O)c1ccccc1. The highest BCUT2D eigenvalue weighted by atomic mass is 16.5. The molecule has 0 bridgehead atoms. The van der Waals surface area contributed by atoms with Crippen molar-refractivity contribution in [2.75, 3.05) is 20.2 Å². The number of carbonyl (C=O) groups is 3. The number of amides is 1. The molecule has 0 aliphatic heterocycles. The Labute approximate surface area is 175 Å². The number of ketones is 1. The van der Waals surface area contributed by atoms with Crippen LogP contribution in [0, 0.1) is 0 Å². The van der Waals surface area contributed by atoms with E-state index < -0.39 is 34.7 Å². The number of hydrogen-bond donors (Lipinski definition) is 1. The van der Waals surface area contributed by atoms with Crippen LogP contribution in [-0.4, -0.2) is 53.6 Å². The number of rotatable bonds is 8. The molecular formula is C23H24N2O5. The molecule has 2 aromatic rings. The number of ether oxygens (including phenoxy) is 1. The Kier molecular flexibility index (Phi) is 8.05. The maximum Gasteiger partial charge on any atom is 0.357 e. The van der Waals surface area contributed by atoms with Gasteiger partial charge in [0.15, 0.2) is 5.71 Å². The highest BCUT2D eigenvalue weighted by Crippen LogP contribution is 2.22. The standard InChI is InChI=1S/C23H24N2O5/c1-4-25(5-2)22(28)21(27)18(20(26)16-12-8-6-9-13-16)19(23(29)30-3)24-17-14-10-7-11-15-17/h6-15,26H,4-5H2,1-3H3. The van der Waals surface area contributed by atoms with Crippen molar-refractivity contribution >= 4 is 34.8 Å². The van der Waals surface area contributed by atoms with Crippen LogP contribution in [0.4, 0.5) is 5.69 Å². The molecule has 7 heteroatoms. The molecule has 1 N–H and O–H groups in total. The third-order valence-corrected chi connectivity index (χ3v) is 4.37. The van der Waals surface area contributed by atoms with Crippen LogP contribution in [0.1, 0.15) is 19.4 Å². The van der Waals surface area contributed by atoms with Crippen LogP contribution in [0.15, 0.2) is 71.2 Å². The lowest BCUT2D eigenvalue weighted by atomic mass is 9.98. The maximum absolute atomic E-state index is 13.2. The van der Waals surface area contributed by atoms with Crippen LogP contribution in [0.3, 0.4) is 0 Å². The molecule has 2 aromatic carbocycles. The molecule has 0 fully saturated rings. The average Bonchev–Trinajstić information content (AvgIpc) is 2.79. The van der Waals surface area contributed by atoms with Crippen LogP contribution in [0.25, 0.3) is 5.76 Å². The zero-order valence-corrected chi connectivity index (χ0v) is 17.2. The molecule has 1 amide bonds. The van der Waals surface area contributed by atoms with E-state index in [-0.39, 0.29) is 5.56 Å². The highest BCUT2D eigenvalue weighted by molar-refractivity contribution is 6.60. The fourth-order valence-corrected chi connectivity index (χ4v) is 2.76. The van der Waals surface area contributed by atoms with Crippen LogP contribution in [0.2, 0.25) is 0 Å². The number of aliphatic imine (C=N–C) groups is 1. The molecule has 0 heterocycles. The first kappa shape index (κ1) is 22.5. The van der Waals surface area contributed by atoms with Crippen LogP contribution < -0.4 is 0 Å². The van der Waals surface area contributed by atoms with Gasteiger partial charge in [0.1, 0.15) is 11.3 Å². The van der Waals surface area contributed by atoms with Gasteiger partial charge in [-0.1, -0.05) is 48.5 Å². The molecule has 0 aromatic heterocycles. The van der Waals surface area contributed by atoms with Crippen molar-refractivity contribution in [3.05, 3.63) is 71.8 Å². The molecule has 0 radical (unpaired) electrons. The van der Waals surface area contributed by atoms with Gasteiger partial charge in [0.2, 0.25) is 0 Å².